The molecule has 0 aliphatic carbocycles. The molecule has 0 aromatic heterocycles. The summed E-state index contributed by atoms with van der Waals surface area (Å²) in [6.45, 7) is 18.3. The Labute approximate surface area is 226 Å². The predicted molar refractivity (Wildman–Crippen MR) is 153 cm³/mol. The third-order valence-electron chi connectivity index (χ3n) is 9.52. The van der Waals surface area contributed by atoms with Crippen molar-refractivity contribution in [1.29, 1.82) is 0 Å². The Bertz CT molecular complexity index is 938. The van der Waals surface area contributed by atoms with Crippen molar-refractivity contribution in [3.05, 3.63) is 41.0 Å². The molecule has 0 radical (unpaired) electrons. The summed E-state index contributed by atoms with van der Waals surface area (Å²) in [6, 6.07) is 7.78. The molecule has 2 aliphatic heterocycles. The molecule has 5 heteroatoms. The van der Waals surface area contributed by atoms with Crippen molar-refractivity contribution in [2.45, 2.75) is 129 Å². The van der Waals surface area contributed by atoms with Crippen molar-refractivity contribution in [2.24, 2.45) is 5.92 Å². The average Bonchev–Trinajstić information content (AvgIpc) is 2.78. The van der Waals surface area contributed by atoms with E-state index in [1.807, 2.05) is 30.3 Å². The fourth-order valence-electron chi connectivity index (χ4n) is 6.89. The highest BCUT2D eigenvalue weighted by atomic mass is 16.5. The number of carbonyl (C=O) groups excluding carboxylic acids is 1. The number of carbonyl (C=O) groups is 1. The smallest absolute Gasteiger partial charge is 0.334 e. The fraction of sp³-hybridized carbons (Fsp3) is 0.719. The van der Waals surface area contributed by atoms with E-state index in [2.05, 4.69) is 79.3 Å². The number of benzene rings is 1. The van der Waals surface area contributed by atoms with Crippen molar-refractivity contribution in [3.63, 3.8) is 0 Å². The average molecular weight is 513 g/mol. The monoisotopic (exact) mass is 512 g/mol. The standard InChI is InChI=1S/C32H52N2O3/c1-29(2)18-25(19-30(3,4)33(29)9)15-16-26(17-23-11-13-24(22-35)14-12-23)28(36)37-27-20-31(5,6)34(10)32(7,8)21-27/h11-14,17,25,27,35H,15-16,18-22H2,1-10H3/b26-17-. The Morgan fingerprint density at radius 2 is 1.32 bits per heavy atom. The van der Waals surface area contributed by atoms with Gasteiger partial charge in [-0.25, -0.2) is 4.79 Å². The molecule has 0 atom stereocenters. The number of piperidine rings is 2. The van der Waals surface area contributed by atoms with E-state index >= 15 is 0 Å². The van der Waals surface area contributed by atoms with Gasteiger partial charge in [0.1, 0.15) is 6.10 Å². The maximum Gasteiger partial charge on any atom is 0.334 e. The van der Waals surface area contributed by atoms with Gasteiger partial charge in [0, 0.05) is 40.6 Å². The second-order valence-electron chi connectivity index (χ2n) is 14.2. The summed E-state index contributed by atoms with van der Waals surface area (Å²) in [4.78, 5) is 18.6. The van der Waals surface area contributed by atoms with Crippen molar-refractivity contribution >= 4 is 12.0 Å². The summed E-state index contributed by atoms with van der Waals surface area (Å²) in [7, 11) is 4.41. The molecule has 5 nitrogen and oxygen atoms in total. The zero-order valence-corrected chi connectivity index (χ0v) is 25.1. The lowest BCUT2D eigenvalue weighted by atomic mass is 9.72. The van der Waals surface area contributed by atoms with Gasteiger partial charge in [0.15, 0.2) is 0 Å². The highest BCUT2D eigenvalue weighted by Crippen LogP contribution is 2.42. The number of esters is 1. The number of ether oxygens (including phenoxy) is 1. The van der Waals surface area contributed by atoms with Crippen molar-refractivity contribution in [1.82, 2.24) is 9.80 Å². The van der Waals surface area contributed by atoms with Crippen molar-refractivity contribution in [2.75, 3.05) is 14.1 Å². The Morgan fingerprint density at radius 1 is 0.865 bits per heavy atom. The van der Waals surface area contributed by atoms with Crippen LogP contribution in [0.3, 0.4) is 0 Å². The van der Waals surface area contributed by atoms with Crippen LogP contribution in [0.2, 0.25) is 0 Å². The first-order valence-electron chi connectivity index (χ1n) is 14.1. The maximum absolute atomic E-state index is 13.7. The number of rotatable bonds is 7. The minimum atomic E-state index is -0.182. The van der Waals surface area contributed by atoms with Gasteiger partial charge in [-0.1, -0.05) is 24.3 Å². The number of hydrogen-bond donors (Lipinski definition) is 1. The minimum Gasteiger partial charge on any atom is -0.459 e. The van der Waals surface area contributed by atoms with Crippen molar-refractivity contribution in [3.8, 4) is 0 Å². The third kappa shape index (κ3) is 7.04. The zero-order chi connectivity index (χ0) is 27.8. The number of hydrogen-bond acceptors (Lipinski definition) is 5. The lowest BCUT2D eigenvalue weighted by molar-refractivity contribution is -0.154. The molecule has 208 valence electrons. The van der Waals surface area contributed by atoms with E-state index in [1.165, 1.54) is 0 Å². The second-order valence-corrected chi connectivity index (χ2v) is 14.2. The molecular formula is C32H52N2O3. The first kappa shape index (κ1) is 29.9. The van der Waals surface area contributed by atoms with E-state index in [0.717, 1.165) is 48.8 Å². The summed E-state index contributed by atoms with van der Waals surface area (Å²) >= 11 is 0. The third-order valence-corrected chi connectivity index (χ3v) is 9.52. The van der Waals surface area contributed by atoms with Crippen LogP contribution in [-0.4, -0.2) is 63.2 Å². The van der Waals surface area contributed by atoms with Gasteiger partial charge in [-0.05, 0) is 118 Å². The van der Waals surface area contributed by atoms with E-state index in [0.29, 0.717) is 12.3 Å². The van der Waals surface area contributed by atoms with E-state index in [9.17, 15) is 9.90 Å². The molecule has 2 aliphatic rings. The molecule has 2 saturated heterocycles. The lowest BCUT2D eigenvalue weighted by Crippen LogP contribution is -2.60. The Morgan fingerprint density at radius 3 is 1.78 bits per heavy atom. The van der Waals surface area contributed by atoms with Crippen LogP contribution in [-0.2, 0) is 16.1 Å². The van der Waals surface area contributed by atoms with E-state index in [4.69, 9.17) is 4.74 Å². The molecule has 0 bridgehead atoms. The molecule has 1 N–H and O–H groups in total. The molecule has 0 unspecified atom stereocenters. The maximum atomic E-state index is 13.7. The van der Waals surface area contributed by atoms with Gasteiger partial charge in [-0.2, -0.15) is 0 Å². The van der Waals surface area contributed by atoms with Crippen LogP contribution in [0.1, 0.15) is 105 Å². The van der Waals surface area contributed by atoms with Gasteiger partial charge in [0.2, 0.25) is 0 Å². The van der Waals surface area contributed by atoms with E-state index in [1.54, 1.807) is 0 Å². The molecule has 0 amide bonds. The number of likely N-dealkylation sites (tertiary alicyclic amines) is 2. The number of nitrogens with zero attached hydrogens (tertiary/aromatic N) is 2. The molecule has 2 fully saturated rings. The summed E-state index contributed by atoms with van der Waals surface area (Å²) in [6.07, 6.45) is 7.48. The molecule has 2 heterocycles. The predicted octanol–water partition coefficient (Wildman–Crippen LogP) is 6.44. The highest BCUT2D eigenvalue weighted by molar-refractivity contribution is 5.93. The first-order chi connectivity index (χ1) is 17.0. The van der Waals surface area contributed by atoms with Gasteiger partial charge >= 0.3 is 5.97 Å². The Hall–Kier alpha value is -1.69. The molecule has 37 heavy (non-hydrogen) atoms. The van der Waals surface area contributed by atoms with Crippen LogP contribution in [0.5, 0.6) is 0 Å². The molecule has 1 aromatic carbocycles. The number of aliphatic hydroxyl groups excluding tert-OH is 1. The quantitative estimate of drug-likeness (QED) is 0.337. The van der Waals surface area contributed by atoms with Crippen molar-refractivity contribution < 1.29 is 14.6 Å². The largest absolute Gasteiger partial charge is 0.459 e. The zero-order valence-electron chi connectivity index (χ0n) is 25.1. The Balaban J connectivity index is 1.81. The minimum absolute atomic E-state index is 0.0162. The fourth-order valence-corrected chi connectivity index (χ4v) is 6.89. The van der Waals surface area contributed by atoms with Crippen LogP contribution in [0.25, 0.3) is 6.08 Å². The molecule has 0 saturated carbocycles. The molecule has 1 aromatic rings. The summed E-state index contributed by atoms with van der Waals surface area (Å²) in [5.41, 5.74) is 2.76. The van der Waals surface area contributed by atoms with Gasteiger partial charge in [0.25, 0.3) is 0 Å². The van der Waals surface area contributed by atoms with Gasteiger partial charge < -0.3 is 9.84 Å². The first-order valence-corrected chi connectivity index (χ1v) is 14.1. The van der Waals surface area contributed by atoms with Crippen LogP contribution in [0.4, 0.5) is 0 Å². The van der Waals surface area contributed by atoms with Crippen LogP contribution < -0.4 is 0 Å². The number of aliphatic hydroxyl groups is 1. The highest BCUT2D eigenvalue weighted by Gasteiger charge is 2.45. The molecular weight excluding hydrogens is 460 g/mol. The van der Waals surface area contributed by atoms with Crippen LogP contribution in [0, 0.1) is 5.92 Å². The molecule has 0 spiro atoms. The second kappa shape index (κ2) is 10.8. The van der Waals surface area contributed by atoms with Crippen LogP contribution >= 0.6 is 0 Å². The van der Waals surface area contributed by atoms with Gasteiger partial charge in [-0.15, -0.1) is 0 Å². The summed E-state index contributed by atoms with van der Waals surface area (Å²) in [5.74, 6) is 0.370. The normalized spacial score (nSPS) is 24.7. The molecule has 3 rings (SSSR count). The Kier molecular flexibility index (Phi) is 8.73. The van der Waals surface area contributed by atoms with Crippen LogP contribution in [0.15, 0.2) is 29.8 Å². The van der Waals surface area contributed by atoms with Gasteiger partial charge in [-0.3, -0.25) is 9.80 Å². The van der Waals surface area contributed by atoms with E-state index in [-0.39, 0.29) is 40.8 Å². The van der Waals surface area contributed by atoms with Gasteiger partial charge in [0.05, 0.1) is 6.61 Å². The summed E-state index contributed by atoms with van der Waals surface area (Å²) < 4.78 is 6.25. The summed E-state index contributed by atoms with van der Waals surface area (Å²) in [5, 5.41) is 9.42. The van der Waals surface area contributed by atoms with E-state index < -0.39 is 0 Å². The lowest BCUT2D eigenvalue weighted by Gasteiger charge is -2.54. The SMILES string of the molecule is CN1C(C)(C)CC(CC/C(=C/c2ccc(CO)cc2)C(=O)OC2CC(C)(C)N(C)C(C)(C)C2)CC1(C)C. The topological polar surface area (TPSA) is 53.0 Å².